The van der Waals surface area contributed by atoms with Gasteiger partial charge in [-0.05, 0) is 12.1 Å². The summed E-state index contributed by atoms with van der Waals surface area (Å²) in [6.45, 7) is 0. The van der Waals surface area contributed by atoms with E-state index in [1.807, 2.05) is 24.3 Å². The molecule has 1 aromatic heterocycles. The van der Waals surface area contributed by atoms with E-state index in [1.165, 1.54) is 6.20 Å². The molecule has 0 radical (unpaired) electrons. The van der Waals surface area contributed by atoms with Gasteiger partial charge in [0.1, 0.15) is 5.69 Å². The largest absolute Gasteiger partial charge is 0.252 e. The van der Waals surface area contributed by atoms with Gasteiger partial charge in [-0.15, -0.1) is 9.19 Å². The Hall–Kier alpha value is -1.21. The Labute approximate surface area is 101 Å². The Morgan fingerprint density at radius 2 is 2.12 bits per heavy atom. The lowest BCUT2D eigenvalue weighted by Gasteiger charge is -1.95. The van der Waals surface area contributed by atoms with Crippen LogP contribution in [0.2, 0.25) is 0 Å². The summed E-state index contributed by atoms with van der Waals surface area (Å²) < 4.78 is 24.1. The molecule has 0 unspecified atom stereocenters. The molecule has 84 valence electrons. The molecule has 0 aliphatic carbocycles. The minimum Gasteiger partial charge on any atom is -0.205 e. The lowest BCUT2D eigenvalue weighted by molar-refractivity contribution is 0.583. The van der Waals surface area contributed by atoms with Gasteiger partial charge in [-0.3, -0.25) is 0 Å². The molecule has 0 N–H and O–H groups in total. The van der Waals surface area contributed by atoms with Crippen molar-refractivity contribution in [2.45, 2.75) is 0 Å². The summed E-state index contributed by atoms with van der Waals surface area (Å²) in [5.41, 5.74) is 1.33. The van der Waals surface area contributed by atoms with Gasteiger partial charge >= 0.3 is 0 Å². The number of benzene rings is 1. The van der Waals surface area contributed by atoms with Gasteiger partial charge in [-0.25, -0.2) is 8.42 Å². The first-order chi connectivity index (χ1) is 7.47. The Morgan fingerprint density at radius 3 is 2.69 bits per heavy atom. The number of aromatic nitrogens is 3. The van der Waals surface area contributed by atoms with Gasteiger partial charge in [0.15, 0.2) is 0 Å². The number of hydrogen-bond acceptors (Lipinski definition) is 4. The van der Waals surface area contributed by atoms with Crippen molar-refractivity contribution < 1.29 is 8.42 Å². The molecule has 0 amide bonds. The number of nitrogens with zero attached hydrogens (tertiary/aromatic N) is 3. The quantitative estimate of drug-likeness (QED) is 0.843. The van der Waals surface area contributed by atoms with Crippen LogP contribution in [-0.4, -0.2) is 29.1 Å². The average Bonchev–Trinajstić information content (AvgIpc) is 2.65. The molecule has 1 heterocycles. The van der Waals surface area contributed by atoms with Crippen LogP contribution in [0.5, 0.6) is 0 Å². The topological polar surface area (TPSA) is 64.8 Å². The third kappa shape index (κ3) is 2.30. The Kier molecular flexibility index (Phi) is 2.81. The molecule has 0 aliphatic rings. The highest BCUT2D eigenvalue weighted by molar-refractivity contribution is 9.10. The van der Waals surface area contributed by atoms with Crippen LogP contribution in [0.3, 0.4) is 0 Å². The lowest BCUT2D eigenvalue weighted by Crippen LogP contribution is -2.10. The molecule has 2 aromatic rings. The highest BCUT2D eigenvalue weighted by Gasteiger charge is 2.10. The second kappa shape index (κ2) is 3.99. The standard InChI is InChI=1S/C9H8BrN3O2S/c1-16(14,15)13-6-9(11-12-13)7-3-2-4-8(10)5-7/h2-6H,1H3. The van der Waals surface area contributed by atoms with Crippen molar-refractivity contribution in [3.63, 3.8) is 0 Å². The second-order valence-corrected chi connectivity index (χ2v) is 6.01. The van der Waals surface area contributed by atoms with E-state index in [2.05, 4.69) is 26.2 Å². The second-order valence-electron chi connectivity index (χ2n) is 3.25. The Morgan fingerprint density at radius 1 is 1.38 bits per heavy atom. The van der Waals surface area contributed by atoms with Crippen molar-refractivity contribution in [2.24, 2.45) is 0 Å². The molecule has 7 heteroatoms. The van der Waals surface area contributed by atoms with E-state index in [-0.39, 0.29) is 0 Å². The van der Waals surface area contributed by atoms with Gasteiger partial charge in [0.05, 0.1) is 12.5 Å². The van der Waals surface area contributed by atoms with Crippen LogP contribution in [-0.2, 0) is 10.0 Å². The molecule has 0 bridgehead atoms. The maximum absolute atomic E-state index is 11.2. The normalized spacial score (nSPS) is 11.6. The third-order valence-electron chi connectivity index (χ3n) is 1.93. The van der Waals surface area contributed by atoms with Crippen molar-refractivity contribution in [2.75, 3.05) is 6.26 Å². The van der Waals surface area contributed by atoms with Gasteiger partial charge < -0.3 is 0 Å². The smallest absolute Gasteiger partial charge is 0.205 e. The Balaban J connectivity index is 2.47. The van der Waals surface area contributed by atoms with Gasteiger partial charge in [-0.1, -0.05) is 33.3 Å². The van der Waals surface area contributed by atoms with Gasteiger partial charge in [-0.2, -0.15) is 0 Å². The van der Waals surface area contributed by atoms with Crippen molar-refractivity contribution in [3.8, 4) is 11.3 Å². The first-order valence-electron chi connectivity index (χ1n) is 4.35. The molecule has 0 aliphatic heterocycles. The highest BCUT2D eigenvalue weighted by atomic mass is 79.9. The first kappa shape index (κ1) is 11.3. The Bertz CT molecular complexity index is 621. The minimum atomic E-state index is -3.37. The molecule has 1 aromatic carbocycles. The summed E-state index contributed by atoms with van der Waals surface area (Å²) >= 11 is 3.33. The van der Waals surface area contributed by atoms with Crippen LogP contribution in [0.15, 0.2) is 34.9 Å². The van der Waals surface area contributed by atoms with Crippen molar-refractivity contribution in [1.82, 2.24) is 14.4 Å². The monoisotopic (exact) mass is 301 g/mol. The summed E-state index contributed by atoms with van der Waals surface area (Å²) in [5, 5.41) is 7.36. The summed E-state index contributed by atoms with van der Waals surface area (Å²) in [6.07, 6.45) is 2.46. The van der Waals surface area contributed by atoms with Gasteiger partial charge in [0.25, 0.3) is 10.0 Å². The lowest BCUT2D eigenvalue weighted by atomic mass is 10.2. The van der Waals surface area contributed by atoms with E-state index < -0.39 is 10.0 Å². The van der Waals surface area contributed by atoms with Crippen LogP contribution >= 0.6 is 15.9 Å². The highest BCUT2D eigenvalue weighted by Crippen LogP contribution is 2.20. The van der Waals surface area contributed by atoms with E-state index in [0.29, 0.717) is 5.69 Å². The van der Waals surface area contributed by atoms with Crippen LogP contribution in [0.25, 0.3) is 11.3 Å². The predicted molar refractivity (Wildman–Crippen MR) is 63.4 cm³/mol. The van der Waals surface area contributed by atoms with E-state index in [9.17, 15) is 8.42 Å². The summed E-state index contributed by atoms with van der Waals surface area (Å²) in [5.74, 6) is 0. The molecule has 0 spiro atoms. The molecular weight excluding hydrogens is 294 g/mol. The summed E-state index contributed by atoms with van der Waals surface area (Å²) in [6, 6.07) is 7.40. The predicted octanol–water partition coefficient (Wildman–Crippen LogP) is 1.52. The number of halogens is 1. The zero-order chi connectivity index (χ0) is 11.8. The number of hydrogen-bond donors (Lipinski definition) is 0. The SMILES string of the molecule is CS(=O)(=O)n1cc(-c2cccc(Br)c2)nn1. The van der Waals surface area contributed by atoms with Crippen LogP contribution < -0.4 is 0 Å². The van der Waals surface area contributed by atoms with E-state index in [1.54, 1.807) is 0 Å². The molecule has 0 saturated heterocycles. The summed E-state index contributed by atoms with van der Waals surface area (Å²) in [7, 11) is -3.37. The van der Waals surface area contributed by atoms with Crippen molar-refractivity contribution in [1.29, 1.82) is 0 Å². The number of rotatable bonds is 2. The fourth-order valence-electron chi connectivity index (χ4n) is 1.19. The molecule has 5 nitrogen and oxygen atoms in total. The molecule has 16 heavy (non-hydrogen) atoms. The van der Waals surface area contributed by atoms with Crippen LogP contribution in [0, 0.1) is 0 Å². The zero-order valence-electron chi connectivity index (χ0n) is 8.33. The van der Waals surface area contributed by atoms with Gasteiger partial charge in [0, 0.05) is 10.0 Å². The average molecular weight is 302 g/mol. The van der Waals surface area contributed by atoms with Crippen molar-refractivity contribution >= 4 is 26.0 Å². The fraction of sp³-hybridized carbons (Fsp3) is 0.111. The molecule has 2 rings (SSSR count). The zero-order valence-corrected chi connectivity index (χ0v) is 10.7. The van der Waals surface area contributed by atoms with Crippen LogP contribution in [0.1, 0.15) is 0 Å². The minimum absolute atomic E-state index is 0.520. The van der Waals surface area contributed by atoms with Crippen LogP contribution in [0.4, 0.5) is 0 Å². The maximum Gasteiger partial charge on any atom is 0.252 e. The third-order valence-corrected chi connectivity index (χ3v) is 3.28. The van der Waals surface area contributed by atoms with E-state index in [4.69, 9.17) is 0 Å². The maximum atomic E-state index is 11.2. The summed E-state index contributed by atoms with van der Waals surface area (Å²) in [4.78, 5) is 0. The van der Waals surface area contributed by atoms with Gasteiger partial charge in [0.2, 0.25) is 0 Å². The van der Waals surface area contributed by atoms with E-state index in [0.717, 1.165) is 20.4 Å². The van der Waals surface area contributed by atoms with E-state index >= 15 is 0 Å². The molecular formula is C9H8BrN3O2S. The first-order valence-corrected chi connectivity index (χ1v) is 7.00. The molecule has 0 saturated carbocycles. The molecule has 0 atom stereocenters. The molecule has 0 fully saturated rings. The van der Waals surface area contributed by atoms with Crippen molar-refractivity contribution in [3.05, 3.63) is 34.9 Å². The fourth-order valence-corrected chi connectivity index (χ4v) is 2.05.